The standard InChI is InChI=1S/C47H65N11O21/c1-21(2)38(46(77)57-31(47(78)79)18-36(68)69)58-44(75)29(16-24-19-49-20-50-24)55-42(73)28(15-23-7-5-4-6-8-23)54-43(74)30(17-35(66)67)56-41(72)26(10-13-33(62)63)52-39(70)25(9-12-32(60)61)51-40(71)27(11-14-34(64)65)53-45(76)37(48)22(3)59/h4-8,19-22,25-31,37-38,59H,9-18,48H2,1-3H3,(H,49,50)(H,51,71)(H,52,70)(H,53,76)(H,54,74)(H,55,73)(H,56,72)(H,57,77)(H,58,75)(H,60,61)(H,62,63)(H,64,65)(H,66,67)(H,68,69)(H,78,79)/t22-,25+,26+,27+,28+,29+,30+,31+,37+,38+/m1/s1. The van der Waals surface area contributed by atoms with Crippen LogP contribution in [0.4, 0.5) is 0 Å². The summed E-state index contributed by atoms with van der Waals surface area (Å²) in [5.41, 5.74) is 6.25. The zero-order valence-electron chi connectivity index (χ0n) is 42.8. The van der Waals surface area contributed by atoms with Gasteiger partial charge in [-0.15, -0.1) is 0 Å². The Morgan fingerprint density at radius 2 is 0.861 bits per heavy atom. The van der Waals surface area contributed by atoms with Crippen LogP contribution in [-0.4, -0.2) is 189 Å². The average Bonchev–Trinajstić information content (AvgIpc) is 3.88. The minimum Gasteiger partial charge on any atom is -0.481 e. The van der Waals surface area contributed by atoms with Gasteiger partial charge in [0.05, 0.1) is 25.3 Å². The van der Waals surface area contributed by atoms with Crippen molar-refractivity contribution in [3.63, 3.8) is 0 Å². The molecule has 79 heavy (non-hydrogen) atoms. The van der Waals surface area contributed by atoms with Crippen LogP contribution in [0.5, 0.6) is 0 Å². The first-order chi connectivity index (χ1) is 37.0. The van der Waals surface area contributed by atoms with Gasteiger partial charge in [-0.25, -0.2) is 9.78 Å². The zero-order chi connectivity index (χ0) is 59.7. The number of aromatic amines is 1. The van der Waals surface area contributed by atoms with Gasteiger partial charge in [0.15, 0.2) is 0 Å². The summed E-state index contributed by atoms with van der Waals surface area (Å²) in [6, 6.07) is -8.44. The molecule has 32 nitrogen and oxygen atoms in total. The van der Waals surface area contributed by atoms with E-state index in [4.69, 9.17) is 10.8 Å². The van der Waals surface area contributed by atoms with E-state index in [0.29, 0.717) is 5.56 Å². The number of nitrogens with one attached hydrogen (secondary N) is 9. The highest BCUT2D eigenvalue weighted by molar-refractivity contribution is 5.99. The van der Waals surface area contributed by atoms with E-state index < -0.39 is 201 Å². The Hall–Kier alpha value is -9.07. The molecule has 0 unspecified atom stereocenters. The number of hydrogen-bond acceptors (Lipinski definition) is 17. The number of carboxylic acids is 6. The van der Waals surface area contributed by atoms with E-state index in [-0.39, 0.29) is 18.5 Å². The maximum Gasteiger partial charge on any atom is 0.326 e. The van der Waals surface area contributed by atoms with Gasteiger partial charge < -0.3 is 89.0 Å². The van der Waals surface area contributed by atoms with E-state index in [1.165, 1.54) is 38.5 Å². The first-order valence-corrected chi connectivity index (χ1v) is 24.2. The van der Waals surface area contributed by atoms with Crippen LogP contribution < -0.4 is 48.3 Å². The molecule has 0 bridgehead atoms. The van der Waals surface area contributed by atoms with Gasteiger partial charge in [0.1, 0.15) is 54.4 Å². The number of amides is 8. The number of hydrogen-bond donors (Lipinski definition) is 17. The van der Waals surface area contributed by atoms with Crippen LogP contribution in [0.15, 0.2) is 42.9 Å². The normalized spacial score (nSPS) is 14.8. The Labute approximate surface area is 448 Å². The first-order valence-electron chi connectivity index (χ1n) is 24.2. The number of H-pyrrole nitrogens is 1. The minimum atomic E-state index is -2.14. The second-order valence-electron chi connectivity index (χ2n) is 18.2. The van der Waals surface area contributed by atoms with Gasteiger partial charge in [0.25, 0.3) is 0 Å². The van der Waals surface area contributed by atoms with E-state index in [0.717, 1.165) is 6.92 Å². The third-order valence-electron chi connectivity index (χ3n) is 11.4. The van der Waals surface area contributed by atoms with Gasteiger partial charge >= 0.3 is 35.8 Å². The molecule has 0 aliphatic carbocycles. The molecule has 0 saturated carbocycles. The summed E-state index contributed by atoms with van der Waals surface area (Å²) in [5.74, 6) is -20.0. The second kappa shape index (κ2) is 32.5. The lowest BCUT2D eigenvalue weighted by atomic mass is 10.0. The van der Waals surface area contributed by atoms with Gasteiger partial charge in [-0.05, 0) is 37.7 Å². The largest absolute Gasteiger partial charge is 0.481 e. The molecule has 1 heterocycles. The van der Waals surface area contributed by atoms with Crippen LogP contribution in [-0.2, 0) is 80.0 Å². The molecule has 0 fully saturated rings. The van der Waals surface area contributed by atoms with Crippen molar-refractivity contribution in [1.29, 1.82) is 0 Å². The van der Waals surface area contributed by atoms with Crippen molar-refractivity contribution in [3.05, 3.63) is 54.1 Å². The Morgan fingerprint density at radius 3 is 1.27 bits per heavy atom. The minimum absolute atomic E-state index is 0.244. The van der Waals surface area contributed by atoms with Crippen molar-refractivity contribution in [3.8, 4) is 0 Å². The molecule has 1 aromatic carbocycles. The van der Waals surface area contributed by atoms with E-state index in [1.807, 2.05) is 0 Å². The number of imidazole rings is 1. The quantitative estimate of drug-likeness (QED) is 0.0304. The summed E-state index contributed by atoms with van der Waals surface area (Å²) in [5, 5.41) is 84.2. The molecular formula is C47H65N11O21. The van der Waals surface area contributed by atoms with Gasteiger partial charge in [-0.1, -0.05) is 44.2 Å². The lowest BCUT2D eigenvalue weighted by molar-refractivity contribution is -0.147. The molecule has 0 radical (unpaired) electrons. The first kappa shape index (κ1) is 66.0. The third-order valence-corrected chi connectivity index (χ3v) is 11.4. The number of carbonyl (C=O) groups excluding carboxylic acids is 8. The molecule has 434 valence electrons. The van der Waals surface area contributed by atoms with E-state index >= 15 is 0 Å². The molecule has 0 aliphatic rings. The van der Waals surface area contributed by atoms with Crippen LogP contribution >= 0.6 is 0 Å². The van der Waals surface area contributed by atoms with Crippen molar-refractivity contribution in [2.45, 2.75) is 145 Å². The Bertz CT molecular complexity index is 2510. The van der Waals surface area contributed by atoms with Gasteiger partial charge in [-0.3, -0.25) is 62.3 Å². The van der Waals surface area contributed by atoms with Crippen molar-refractivity contribution in [1.82, 2.24) is 52.5 Å². The highest BCUT2D eigenvalue weighted by Gasteiger charge is 2.37. The number of benzene rings is 1. The van der Waals surface area contributed by atoms with Gasteiger partial charge in [0, 0.05) is 44.0 Å². The molecule has 0 saturated heterocycles. The maximum atomic E-state index is 14.3. The SMILES string of the molecule is CC(C)[C@H](NC(=O)[C@H](Cc1cnc[nH]1)NC(=O)[C@H](Cc1ccccc1)NC(=O)[C@H](CC(=O)O)NC(=O)[C@H](CCC(=O)O)NC(=O)[C@H](CCC(=O)O)NC(=O)[C@H](CCC(=O)O)NC(=O)[C@@H](N)[C@@H](C)O)C(=O)N[C@@H](CC(=O)O)C(=O)O. The smallest absolute Gasteiger partial charge is 0.326 e. The summed E-state index contributed by atoms with van der Waals surface area (Å²) in [4.78, 5) is 186. The summed E-state index contributed by atoms with van der Waals surface area (Å²) in [6.07, 6.45) is -6.52. The highest BCUT2D eigenvalue weighted by Crippen LogP contribution is 2.12. The van der Waals surface area contributed by atoms with Crippen molar-refractivity contribution in [2.75, 3.05) is 0 Å². The predicted molar refractivity (Wildman–Crippen MR) is 265 cm³/mol. The molecule has 1 aromatic heterocycles. The fraction of sp³-hybridized carbons (Fsp3) is 0.511. The predicted octanol–water partition coefficient (Wildman–Crippen LogP) is -4.93. The zero-order valence-corrected chi connectivity index (χ0v) is 42.8. The molecule has 0 aliphatic heterocycles. The molecule has 2 aromatic rings. The summed E-state index contributed by atoms with van der Waals surface area (Å²) >= 11 is 0. The van der Waals surface area contributed by atoms with Crippen molar-refractivity contribution < 1.29 is 103 Å². The van der Waals surface area contributed by atoms with Crippen molar-refractivity contribution >= 4 is 83.1 Å². The molecular weight excluding hydrogens is 1050 g/mol. The molecule has 0 spiro atoms. The van der Waals surface area contributed by atoms with Gasteiger partial charge in [0.2, 0.25) is 47.3 Å². The van der Waals surface area contributed by atoms with Crippen LogP contribution in [0, 0.1) is 5.92 Å². The Balaban J connectivity index is 2.55. The monoisotopic (exact) mass is 1120 g/mol. The maximum absolute atomic E-state index is 14.3. The molecule has 10 atom stereocenters. The highest BCUT2D eigenvalue weighted by atomic mass is 16.4. The van der Waals surface area contributed by atoms with Gasteiger partial charge in [-0.2, -0.15) is 0 Å². The summed E-state index contributed by atoms with van der Waals surface area (Å²) < 4.78 is 0. The number of nitrogens with zero attached hydrogens (tertiary/aromatic N) is 1. The van der Waals surface area contributed by atoms with Crippen LogP contribution in [0.2, 0.25) is 0 Å². The number of aliphatic carboxylic acids is 6. The van der Waals surface area contributed by atoms with Crippen LogP contribution in [0.25, 0.3) is 0 Å². The van der Waals surface area contributed by atoms with E-state index in [2.05, 4.69) is 52.5 Å². The lowest BCUT2D eigenvalue weighted by Gasteiger charge is -2.28. The summed E-state index contributed by atoms with van der Waals surface area (Å²) in [7, 11) is 0. The lowest BCUT2D eigenvalue weighted by Crippen LogP contribution is -2.61. The van der Waals surface area contributed by atoms with Crippen LogP contribution in [0.1, 0.15) is 83.4 Å². The summed E-state index contributed by atoms with van der Waals surface area (Å²) in [6.45, 7) is 4.07. The number of nitrogens with two attached hydrogens (primary N) is 1. The fourth-order valence-corrected chi connectivity index (χ4v) is 7.15. The number of aliphatic hydroxyl groups excluding tert-OH is 1. The fourth-order valence-electron chi connectivity index (χ4n) is 7.15. The topological polar surface area (TPSA) is 532 Å². The second-order valence-corrected chi connectivity index (χ2v) is 18.2. The number of aliphatic hydroxyl groups is 1. The molecule has 2 rings (SSSR count). The molecule has 18 N–H and O–H groups in total. The number of rotatable bonds is 36. The van der Waals surface area contributed by atoms with Crippen molar-refractivity contribution in [2.24, 2.45) is 11.7 Å². The van der Waals surface area contributed by atoms with E-state index in [9.17, 15) is 97.8 Å². The van der Waals surface area contributed by atoms with Crippen LogP contribution in [0.3, 0.4) is 0 Å². The number of carboxylic acid groups (broad SMARTS) is 6. The Morgan fingerprint density at radius 1 is 0.481 bits per heavy atom. The number of aromatic nitrogens is 2. The number of carbonyl (C=O) groups is 14. The average molecular weight is 1120 g/mol. The Kier molecular flexibility index (Phi) is 27.2. The molecule has 8 amide bonds. The molecule has 32 heteroatoms. The third kappa shape index (κ3) is 24.2. The van der Waals surface area contributed by atoms with E-state index in [1.54, 1.807) is 18.2 Å².